The number of carbonyl (C=O) groups excluding carboxylic acids is 1. The first-order valence-corrected chi connectivity index (χ1v) is 8.22. The molecule has 0 aromatic rings. The Labute approximate surface area is 118 Å². The van der Waals surface area contributed by atoms with Crippen LogP contribution >= 0.6 is 0 Å². The van der Waals surface area contributed by atoms with Gasteiger partial charge in [-0.3, -0.25) is 9.59 Å². The maximum atomic E-state index is 11.9. The molecule has 1 rings (SSSR count). The molecule has 0 bridgehead atoms. The second-order valence-corrected chi connectivity index (χ2v) is 6.90. The largest absolute Gasteiger partial charge is 0.480 e. The molecule has 0 saturated heterocycles. The maximum absolute atomic E-state index is 11.9. The lowest BCUT2D eigenvalue weighted by molar-refractivity contribution is -0.146. The second-order valence-electron chi connectivity index (χ2n) is 5.18. The fraction of sp³-hybridized carbons (Fsp3) is 0.833. The molecule has 7 nitrogen and oxygen atoms in total. The van der Waals surface area contributed by atoms with Gasteiger partial charge in [-0.15, -0.1) is 0 Å². The number of carboxylic acids is 1. The highest BCUT2D eigenvalue weighted by Crippen LogP contribution is 2.34. The van der Waals surface area contributed by atoms with Crippen molar-refractivity contribution in [3.63, 3.8) is 0 Å². The van der Waals surface area contributed by atoms with Crippen LogP contribution in [0.3, 0.4) is 0 Å². The summed E-state index contributed by atoms with van der Waals surface area (Å²) in [7, 11) is -2.94. The Morgan fingerprint density at radius 1 is 1.35 bits per heavy atom. The third kappa shape index (κ3) is 4.17. The van der Waals surface area contributed by atoms with Crippen LogP contribution in [0.15, 0.2) is 0 Å². The summed E-state index contributed by atoms with van der Waals surface area (Å²) in [4.78, 5) is 22.5. The summed E-state index contributed by atoms with van der Waals surface area (Å²) >= 11 is 0. The van der Waals surface area contributed by atoms with Crippen LogP contribution in [0.2, 0.25) is 0 Å². The Morgan fingerprint density at radius 2 is 1.90 bits per heavy atom. The molecular weight excluding hydrogens is 286 g/mol. The van der Waals surface area contributed by atoms with Gasteiger partial charge in [-0.05, 0) is 31.6 Å². The topological polar surface area (TPSA) is 110 Å². The van der Waals surface area contributed by atoms with E-state index in [1.54, 1.807) is 0 Å². The van der Waals surface area contributed by atoms with Crippen molar-refractivity contribution in [2.24, 2.45) is 5.92 Å². The van der Waals surface area contributed by atoms with Crippen LogP contribution in [-0.4, -0.2) is 43.9 Å². The van der Waals surface area contributed by atoms with Crippen molar-refractivity contribution in [2.75, 3.05) is 12.9 Å². The van der Waals surface area contributed by atoms with E-state index in [0.29, 0.717) is 18.8 Å². The minimum atomic E-state index is -4.03. The normalized spacial score (nSPS) is 27.0. The Morgan fingerprint density at radius 3 is 2.30 bits per heavy atom. The Hall–Kier alpha value is -1.15. The van der Waals surface area contributed by atoms with E-state index in [-0.39, 0.29) is 12.8 Å². The van der Waals surface area contributed by atoms with Gasteiger partial charge in [-0.25, -0.2) is 8.42 Å². The number of nitrogens with one attached hydrogen (secondary N) is 1. The third-order valence-corrected chi connectivity index (χ3v) is 5.15. The van der Waals surface area contributed by atoms with Gasteiger partial charge in [0, 0.05) is 0 Å². The summed E-state index contributed by atoms with van der Waals surface area (Å²) in [6.07, 6.45) is 2.74. The molecule has 0 aromatic carbocycles. The zero-order valence-corrected chi connectivity index (χ0v) is 12.5. The van der Waals surface area contributed by atoms with Crippen LogP contribution in [0.1, 0.15) is 39.0 Å². The van der Waals surface area contributed by atoms with Gasteiger partial charge >= 0.3 is 11.9 Å². The average Bonchev–Trinajstić information content (AvgIpc) is 2.38. The van der Waals surface area contributed by atoms with E-state index in [2.05, 4.69) is 9.46 Å². The van der Waals surface area contributed by atoms with E-state index in [1.165, 1.54) is 0 Å². The summed E-state index contributed by atoms with van der Waals surface area (Å²) in [5, 5.41) is 9.36. The molecule has 20 heavy (non-hydrogen) atoms. The highest BCUT2D eigenvalue weighted by molar-refractivity contribution is 7.90. The summed E-state index contributed by atoms with van der Waals surface area (Å²) in [6.45, 7) is 2.03. The number of methoxy groups -OCH3 is 1. The number of aliphatic carboxylic acids is 1. The van der Waals surface area contributed by atoms with E-state index in [9.17, 15) is 23.1 Å². The van der Waals surface area contributed by atoms with Gasteiger partial charge in [0.25, 0.3) is 0 Å². The number of ether oxygens (including phenoxy) is 1. The third-order valence-electron chi connectivity index (χ3n) is 3.83. The van der Waals surface area contributed by atoms with E-state index < -0.39 is 33.3 Å². The van der Waals surface area contributed by atoms with E-state index in [0.717, 1.165) is 13.5 Å². The van der Waals surface area contributed by atoms with Crippen LogP contribution in [0.4, 0.5) is 0 Å². The standard InChI is InChI=1S/C12H21NO6S/c1-3-9-4-6-12(7-5-9,11(15)16)13-20(17,18)8-10(14)19-2/h9,13H,3-8H2,1-2H3,(H,15,16). The number of hydrogen-bond donors (Lipinski definition) is 2. The Bertz CT molecular complexity index is 464. The minimum Gasteiger partial charge on any atom is -0.480 e. The van der Waals surface area contributed by atoms with Crippen molar-refractivity contribution >= 4 is 22.0 Å². The SMILES string of the molecule is CCC1CCC(NS(=O)(=O)CC(=O)OC)(C(=O)O)CC1. The first-order valence-electron chi connectivity index (χ1n) is 6.56. The molecule has 0 amide bonds. The van der Waals surface area contributed by atoms with Crippen molar-refractivity contribution in [2.45, 2.75) is 44.6 Å². The first-order chi connectivity index (χ1) is 9.24. The van der Waals surface area contributed by atoms with Crippen molar-refractivity contribution in [3.8, 4) is 0 Å². The van der Waals surface area contributed by atoms with Crippen LogP contribution in [0.5, 0.6) is 0 Å². The van der Waals surface area contributed by atoms with Crippen molar-refractivity contribution in [1.82, 2.24) is 4.72 Å². The maximum Gasteiger partial charge on any atom is 0.324 e. The van der Waals surface area contributed by atoms with Gasteiger partial charge < -0.3 is 9.84 Å². The molecule has 0 heterocycles. The Balaban J connectivity index is 2.83. The number of carbonyl (C=O) groups is 2. The molecular formula is C12H21NO6S. The fourth-order valence-corrected chi connectivity index (χ4v) is 3.87. The molecule has 8 heteroatoms. The predicted molar refractivity (Wildman–Crippen MR) is 71.6 cm³/mol. The zero-order chi connectivity index (χ0) is 15.4. The van der Waals surface area contributed by atoms with Crippen LogP contribution < -0.4 is 4.72 Å². The average molecular weight is 307 g/mol. The van der Waals surface area contributed by atoms with Crippen LogP contribution in [0, 0.1) is 5.92 Å². The molecule has 0 aliphatic heterocycles. The smallest absolute Gasteiger partial charge is 0.324 e. The monoisotopic (exact) mass is 307 g/mol. The fourth-order valence-electron chi connectivity index (χ4n) is 2.49. The number of carboxylic acid groups (broad SMARTS) is 1. The van der Waals surface area contributed by atoms with Crippen molar-refractivity contribution < 1.29 is 27.9 Å². The molecule has 1 aliphatic carbocycles. The lowest BCUT2D eigenvalue weighted by atomic mass is 9.76. The van der Waals surface area contributed by atoms with Gasteiger partial charge in [0.1, 0.15) is 5.54 Å². The molecule has 0 unspecified atom stereocenters. The lowest BCUT2D eigenvalue weighted by Crippen LogP contribution is -2.57. The number of rotatable bonds is 6. The molecule has 0 spiro atoms. The number of hydrogen-bond acceptors (Lipinski definition) is 5. The van der Waals surface area contributed by atoms with Crippen LogP contribution in [-0.2, 0) is 24.3 Å². The molecule has 0 aromatic heterocycles. The first kappa shape index (κ1) is 16.9. The summed E-state index contributed by atoms with van der Waals surface area (Å²) < 4.78 is 30.2. The van der Waals surface area contributed by atoms with E-state index in [4.69, 9.17) is 0 Å². The van der Waals surface area contributed by atoms with Crippen LogP contribution in [0.25, 0.3) is 0 Å². The Kier molecular flexibility index (Phi) is 5.52. The van der Waals surface area contributed by atoms with Gasteiger partial charge in [0.2, 0.25) is 10.0 Å². The quantitative estimate of drug-likeness (QED) is 0.692. The zero-order valence-electron chi connectivity index (χ0n) is 11.7. The highest BCUT2D eigenvalue weighted by Gasteiger charge is 2.44. The summed E-state index contributed by atoms with van der Waals surface area (Å²) in [6, 6.07) is 0. The molecule has 0 radical (unpaired) electrons. The minimum absolute atomic E-state index is 0.237. The molecule has 1 saturated carbocycles. The highest BCUT2D eigenvalue weighted by atomic mass is 32.2. The van der Waals surface area contributed by atoms with Crippen molar-refractivity contribution in [3.05, 3.63) is 0 Å². The number of esters is 1. The van der Waals surface area contributed by atoms with Gasteiger partial charge in [0.15, 0.2) is 5.75 Å². The predicted octanol–water partition coefficient (Wildman–Crippen LogP) is 0.502. The molecule has 1 fully saturated rings. The number of sulfonamides is 1. The molecule has 1 aliphatic rings. The second kappa shape index (κ2) is 6.53. The van der Waals surface area contributed by atoms with Gasteiger partial charge in [0.05, 0.1) is 7.11 Å². The molecule has 2 N–H and O–H groups in total. The van der Waals surface area contributed by atoms with Gasteiger partial charge in [-0.1, -0.05) is 13.3 Å². The molecule has 116 valence electrons. The lowest BCUT2D eigenvalue weighted by Gasteiger charge is -2.36. The van der Waals surface area contributed by atoms with E-state index >= 15 is 0 Å². The van der Waals surface area contributed by atoms with Crippen molar-refractivity contribution in [1.29, 1.82) is 0 Å². The van der Waals surface area contributed by atoms with E-state index in [1.807, 2.05) is 6.92 Å². The summed E-state index contributed by atoms with van der Waals surface area (Å²) in [5.74, 6) is -2.55. The van der Waals surface area contributed by atoms with Gasteiger partial charge in [-0.2, -0.15) is 4.72 Å². The summed E-state index contributed by atoms with van der Waals surface area (Å²) in [5.41, 5.74) is -1.50. The molecule has 0 atom stereocenters.